The molecule has 3 N–H and O–H groups in total. The van der Waals surface area contributed by atoms with Crippen LogP contribution in [0.25, 0.3) is 0 Å². The van der Waals surface area contributed by atoms with E-state index in [2.05, 4.69) is 9.46 Å². The molecule has 21 heavy (non-hydrogen) atoms. The molecule has 0 aliphatic heterocycles. The normalized spacial score (nSPS) is 17.6. The molecule has 0 radical (unpaired) electrons. The summed E-state index contributed by atoms with van der Waals surface area (Å²) < 4.78 is 32.6. The van der Waals surface area contributed by atoms with Crippen LogP contribution in [0.3, 0.4) is 0 Å². The Morgan fingerprint density at radius 3 is 2.52 bits per heavy atom. The van der Waals surface area contributed by atoms with Gasteiger partial charge >= 0.3 is 5.97 Å². The highest BCUT2D eigenvalue weighted by Gasteiger charge is 2.37. The summed E-state index contributed by atoms with van der Waals surface area (Å²) in [6.45, 7) is 0.243. The first kappa shape index (κ1) is 15.9. The average Bonchev–Trinajstić information content (AvgIpc) is 2.95. The number of rotatable bonds is 5. The van der Waals surface area contributed by atoms with Gasteiger partial charge < -0.3 is 10.5 Å². The molecule has 0 atom stereocenters. The van der Waals surface area contributed by atoms with Crippen molar-refractivity contribution in [3.63, 3.8) is 0 Å². The lowest BCUT2D eigenvalue weighted by Gasteiger charge is -2.28. The molecule has 0 amide bonds. The van der Waals surface area contributed by atoms with Crippen LogP contribution in [0.5, 0.6) is 0 Å². The van der Waals surface area contributed by atoms with E-state index < -0.39 is 21.5 Å². The number of esters is 1. The number of nitrogens with two attached hydrogens (primary N) is 1. The van der Waals surface area contributed by atoms with Crippen LogP contribution in [0, 0.1) is 0 Å². The molecule has 0 unspecified atom stereocenters. The molecular formula is C14H20N2O4S. The van der Waals surface area contributed by atoms with E-state index in [4.69, 9.17) is 5.73 Å². The third-order valence-electron chi connectivity index (χ3n) is 3.88. The molecule has 0 aromatic heterocycles. The van der Waals surface area contributed by atoms with Crippen LogP contribution in [-0.2, 0) is 14.8 Å². The summed E-state index contributed by atoms with van der Waals surface area (Å²) in [6, 6.07) is 6.00. The van der Waals surface area contributed by atoms with E-state index in [1.165, 1.54) is 19.2 Å². The van der Waals surface area contributed by atoms with Crippen LogP contribution in [0.1, 0.15) is 36.0 Å². The molecule has 1 aromatic carbocycles. The molecule has 0 heterocycles. The van der Waals surface area contributed by atoms with E-state index in [1.54, 1.807) is 12.1 Å². The number of carbonyl (C=O) groups excluding carboxylic acids is 1. The van der Waals surface area contributed by atoms with Gasteiger partial charge in [0.05, 0.1) is 17.6 Å². The molecule has 6 nitrogen and oxygen atoms in total. The Morgan fingerprint density at radius 2 is 1.95 bits per heavy atom. The largest absolute Gasteiger partial charge is 0.465 e. The number of benzene rings is 1. The summed E-state index contributed by atoms with van der Waals surface area (Å²) in [5, 5.41) is 0. The summed E-state index contributed by atoms with van der Waals surface area (Å²) in [6.07, 6.45) is 3.31. The maximum atomic E-state index is 12.6. The molecule has 2 rings (SSSR count). The van der Waals surface area contributed by atoms with Crippen LogP contribution in [-0.4, -0.2) is 33.6 Å². The summed E-state index contributed by atoms with van der Waals surface area (Å²) >= 11 is 0. The standard InChI is InChI=1S/C14H20N2O4S/c1-20-13(17)11-6-2-3-7-12(11)21(18,19)16-14(10-15)8-4-5-9-14/h2-3,6-7,16H,4-5,8-10,15H2,1H3. The van der Waals surface area contributed by atoms with Crippen molar-refractivity contribution in [2.45, 2.75) is 36.1 Å². The van der Waals surface area contributed by atoms with Gasteiger partial charge in [-0.2, -0.15) is 0 Å². The topological polar surface area (TPSA) is 98.5 Å². The number of hydrogen-bond donors (Lipinski definition) is 2. The average molecular weight is 312 g/mol. The van der Waals surface area contributed by atoms with Gasteiger partial charge in [0.2, 0.25) is 10.0 Å². The highest BCUT2D eigenvalue weighted by molar-refractivity contribution is 7.89. The first-order valence-corrected chi connectivity index (χ1v) is 8.34. The number of sulfonamides is 1. The Morgan fingerprint density at radius 1 is 1.33 bits per heavy atom. The Bertz CT molecular complexity index is 622. The maximum Gasteiger partial charge on any atom is 0.339 e. The van der Waals surface area contributed by atoms with Gasteiger partial charge in [0.15, 0.2) is 0 Å². The van der Waals surface area contributed by atoms with Crippen LogP contribution >= 0.6 is 0 Å². The Hall–Kier alpha value is -1.44. The van der Waals surface area contributed by atoms with Gasteiger partial charge in [0.1, 0.15) is 0 Å². The van der Waals surface area contributed by atoms with Crippen molar-refractivity contribution < 1.29 is 17.9 Å². The summed E-state index contributed by atoms with van der Waals surface area (Å²) in [4.78, 5) is 11.7. The van der Waals surface area contributed by atoms with E-state index in [1.807, 2.05) is 0 Å². The highest BCUT2D eigenvalue weighted by Crippen LogP contribution is 2.31. The zero-order valence-corrected chi connectivity index (χ0v) is 12.8. The predicted octanol–water partition coefficient (Wildman–Crippen LogP) is 1.02. The molecule has 1 fully saturated rings. The number of nitrogens with one attached hydrogen (secondary N) is 1. The lowest BCUT2D eigenvalue weighted by molar-refractivity contribution is 0.0596. The quantitative estimate of drug-likeness (QED) is 0.791. The smallest absolute Gasteiger partial charge is 0.339 e. The molecule has 0 spiro atoms. The van der Waals surface area contributed by atoms with Crippen molar-refractivity contribution in [2.24, 2.45) is 5.73 Å². The highest BCUT2D eigenvalue weighted by atomic mass is 32.2. The van der Waals surface area contributed by atoms with Crippen molar-refractivity contribution in [1.82, 2.24) is 4.72 Å². The minimum absolute atomic E-state index is 0.0256. The van der Waals surface area contributed by atoms with Crippen LogP contribution < -0.4 is 10.5 Å². The number of ether oxygens (including phenoxy) is 1. The number of methoxy groups -OCH3 is 1. The molecule has 1 aromatic rings. The minimum Gasteiger partial charge on any atom is -0.465 e. The molecule has 7 heteroatoms. The Balaban J connectivity index is 2.38. The van der Waals surface area contributed by atoms with Gasteiger partial charge in [-0.15, -0.1) is 0 Å². The summed E-state index contributed by atoms with van der Waals surface area (Å²) in [5.74, 6) is -0.677. The van der Waals surface area contributed by atoms with Gasteiger partial charge in [-0.25, -0.2) is 17.9 Å². The van der Waals surface area contributed by atoms with Gasteiger partial charge in [0.25, 0.3) is 0 Å². The van der Waals surface area contributed by atoms with Crippen molar-refractivity contribution in [2.75, 3.05) is 13.7 Å². The monoisotopic (exact) mass is 312 g/mol. The van der Waals surface area contributed by atoms with Gasteiger partial charge in [-0.05, 0) is 25.0 Å². The molecular weight excluding hydrogens is 292 g/mol. The number of hydrogen-bond acceptors (Lipinski definition) is 5. The van der Waals surface area contributed by atoms with Crippen LogP contribution in [0.2, 0.25) is 0 Å². The number of carbonyl (C=O) groups is 1. The molecule has 0 bridgehead atoms. The van der Waals surface area contributed by atoms with Crippen LogP contribution in [0.4, 0.5) is 0 Å². The Kier molecular flexibility index (Phi) is 4.65. The lowest BCUT2D eigenvalue weighted by Crippen LogP contribution is -2.51. The molecule has 116 valence electrons. The lowest BCUT2D eigenvalue weighted by atomic mass is 10.0. The SMILES string of the molecule is COC(=O)c1ccccc1S(=O)(=O)NC1(CN)CCCC1. The third kappa shape index (κ3) is 3.25. The van der Waals surface area contributed by atoms with Crippen molar-refractivity contribution in [3.8, 4) is 0 Å². The zero-order chi connectivity index (χ0) is 15.5. The van der Waals surface area contributed by atoms with E-state index in [0.29, 0.717) is 12.8 Å². The minimum atomic E-state index is -3.83. The molecule has 0 saturated heterocycles. The fourth-order valence-corrected chi connectivity index (χ4v) is 4.39. The second-order valence-electron chi connectivity index (χ2n) is 5.28. The Labute approximate surface area is 124 Å². The fourth-order valence-electron chi connectivity index (χ4n) is 2.72. The molecule has 1 saturated carbocycles. The fraction of sp³-hybridized carbons (Fsp3) is 0.500. The predicted molar refractivity (Wildman–Crippen MR) is 78.4 cm³/mol. The molecule has 1 aliphatic carbocycles. The second-order valence-corrected chi connectivity index (χ2v) is 6.94. The zero-order valence-electron chi connectivity index (χ0n) is 12.0. The van der Waals surface area contributed by atoms with E-state index in [0.717, 1.165) is 12.8 Å². The van der Waals surface area contributed by atoms with Crippen molar-refractivity contribution in [1.29, 1.82) is 0 Å². The first-order chi connectivity index (χ1) is 9.94. The van der Waals surface area contributed by atoms with E-state index >= 15 is 0 Å². The van der Waals surface area contributed by atoms with Crippen molar-refractivity contribution in [3.05, 3.63) is 29.8 Å². The van der Waals surface area contributed by atoms with Gasteiger partial charge in [-0.3, -0.25) is 0 Å². The van der Waals surface area contributed by atoms with Crippen molar-refractivity contribution >= 4 is 16.0 Å². The second kappa shape index (κ2) is 6.13. The van der Waals surface area contributed by atoms with Crippen LogP contribution in [0.15, 0.2) is 29.2 Å². The first-order valence-electron chi connectivity index (χ1n) is 6.85. The van der Waals surface area contributed by atoms with E-state index in [9.17, 15) is 13.2 Å². The third-order valence-corrected chi connectivity index (χ3v) is 5.52. The maximum absolute atomic E-state index is 12.6. The molecule has 1 aliphatic rings. The summed E-state index contributed by atoms with van der Waals surface area (Å²) in [7, 11) is -2.61. The summed E-state index contributed by atoms with van der Waals surface area (Å²) in [5.41, 5.74) is 5.18. The van der Waals surface area contributed by atoms with Gasteiger partial charge in [0, 0.05) is 12.1 Å². The van der Waals surface area contributed by atoms with E-state index in [-0.39, 0.29) is 17.0 Å². The van der Waals surface area contributed by atoms with Gasteiger partial charge in [-0.1, -0.05) is 25.0 Å².